The van der Waals surface area contributed by atoms with Crippen LogP contribution in [-0.4, -0.2) is 35.6 Å². The Kier molecular flexibility index (Phi) is 6.78. The largest absolute Gasteiger partial charge is 0.468 e. The Balaban J connectivity index is 1.79. The van der Waals surface area contributed by atoms with Crippen molar-refractivity contribution >= 4 is 11.8 Å². The molecule has 3 rings (SSSR count). The van der Waals surface area contributed by atoms with E-state index in [0.29, 0.717) is 22.8 Å². The summed E-state index contributed by atoms with van der Waals surface area (Å²) in [6, 6.07) is 16.6. The molecule has 3 aromatic rings. The Morgan fingerprint density at radius 2 is 1.71 bits per heavy atom. The normalized spacial score (nSPS) is 11.2. The molecule has 160 valence electrons. The average molecular weight is 423 g/mol. The number of methoxy groups -OCH3 is 1. The Morgan fingerprint density at radius 3 is 2.32 bits per heavy atom. The number of aromatic nitrogens is 1. The third-order valence-electron chi connectivity index (χ3n) is 4.20. The second-order valence-corrected chi connectivity index (χ2v) is 6.62. The molecular formula is C22H22FN5O3. The minimum Gasteiger partial charge on any atom is -0.468 e. The topological polar surface area (TPSA) is 116 Å². The van der Waals surface area contributed by atoms with Crippen LogP contribution in [0.4, 0.5) is 4.39 Å². The summed E-state index contributed by atoms with van der Waals surface area (Å²) < 4.78 is 23.3. The van der Waals surface area contributed by atoms with Crippen LogP contribution in [-0.2, 0) is 9.53 Å². The maximum atomic E-state index is 13.0. The Hall–Kier alpha value is -3.98. The molecule has 0 bridgehead atoms. The van der Waals surface area contributed by atoms with E-state index in [2.05, 4.69) is 14.8 Å². The van der Waals surface area contributed by atoms with Gasteiger partial charge < -0.3 is 15.2 Å². The van der Waals surface area contributed by atoms with Crippen molar-refractivity contribution in [2.75, 3.05) is 13.7 Å². The van der Waals surface area contributed by atoms with Crippen LogP contribution in [0.25, 0.3) is 11.3 Å². The van der Waals surface area contributed by atoms with Gasteiger partial charge in [0.15, 0.2) is 12.4 Å². The molecule has 0 aliphatic rings. The van der Waals surface area contributed by atoms with Gasteiger partial charge in [0.2, 0.25) is 0 Å². The smallest absolute Gasteiger partial charge is 0.328 e. The first-order chi connectivity index (χ1) is 14.8. The highest BCUT2D eigenvalue weighted by Crippen LogP contribution is 2.26. The van der Waals surface area contributed by atoms with Gasteiger partial charge in [-0.3, -0.25) is 9.78 Å². The molecule has 2 aromatic carbocycles. The van der Waals surface area contributed by atoms with Crippen LogP contribution in [0.1, 0.15) is 11.3 Å². The molecule has 0 aliphatic heterocycles. The lowest BCUT2D eigenvalue weighted by atomic mass is 10.1. The number of halogens is 1. The minimum atomic E-state index is -0.534. The summed E-state index contributed by atoms with van der Waals surface area (Å²) in [7, 11) is 1.26. The summed E-state index contributed by atoms with van der Waals surface area (Å²) >= 11 is 0. The van der Waals surface area contributed by atoms with Gasteiger partial charge in [0.05, 0.1) is 12.8 Å². The summed E-state index contributed by atoms with van der Waals surface area (Å²) in [6.07, 6.45) is 0. The number of carbonyl (C=O) groups is 1. The van der Waals surface area contributed by atoms with E-state index < -0.39 is 5.97 Å². The van der Waals surface area contributed by atoms with E-state index in [9.17, 15) is 9.18 Å². The maximum Gasteiger partial charge on any atom is 0.328 e. The second kappa shape index (κ2) is 9.68. The van der Waals surface area contributed by atoms with Gasteiger partial charge in [-0.15, -0.1) is 5.10 Å². The molecule has 0 fully saturated rings. The molecule has 0 spiro atoms. The predicted molar refractivity (Wildman–Crippen MR) is 115 cm³/mol. The lowest BCUT2D eigenvalue weighted by Gasteiger charge is -2.13. The predicted octanol–water partition coefficient (Wildman–Crippen LogP) is 2.96. The van der Waals surface area contributed by atoms with Crippen molar-refractivity contribution in [2.45, 2.75) is 6.92 Å². The number of hydrogen-bond donors (Lipinski definition) is 2. The molecule has 31 heavy (non-hydrogen) atoms. The second-order valence-electron chi connectivity index (χ2n) is 6.62. The molecule has 8 nitrogen and oxygen atoms in total. The van der Waals surface area contributed by atoms with E-state index in [4.69, 9.17) is 16.3 Å². The number of nitrogens with two attached hydrogens (primary N) is 2. The number of hydrazone groups is 1. The SMILES string of the molecule is COC(=O)CN(N)/N=C(\N)c1cc(C)nc(-c2ccc(Oc3ccc(F)cc3)cc2)c1. The van der Waals surface area contributed by atoms with E-state index in [1.807, 2.05) is 19.1 Å². The Bertz CT molecular complexity index is 1090. The standard InChI is InChI=1S/C22H22FN5O3/c1-14-11-16(22(24)27-28(25)13-21(29)30-2)12-20(26-14)15-3-7-18(8-4-15)31-19-9-5-17(23)6-10-19/h3-12H,13,25H2,1-2H3,(H2,24,27). The molecule has 0 unspecified atom stereocenters. The van der Waals surface area contributed by atoms with Gasteiger partial charge in [-0.25, -0.2) is 15.4 Å². The fourth-order valence-electron chi connectivity index (χ4n) is 2.73. The molecule has 0 saturated carbocycles. The first-order valence-corrected chi connectivity index (χ1v) is 9.30. The van der Waals surface area contributed by atoms with Gasteiger partial charge in [0, 0.05) is 16.8 Å². The lowest BCUT2D eigenvalue weighted by Crippen LogP contribution is -2.34. The summed E-state index contributed by atoms with van der Waals surface area (Å²) in [5.74, 6) is 6.09. The molecule has 1 aromatic heterocycles. The molecule has 1 heterocycles. The third-order valence-corrected chi connectivity index (χ3v) is 4.20. The van der Waals surface area contributed by atoms with Gasteiger partial charge in [-0.1, -0.05) is 0 Å². The minimum absolute atomic E-state index is 0.134. The fraction of sp³-hybridized carbons (Fsp3) is 0.136. The Morgan fingerprint density at radius 1 is 1.10 bits per heavy atom. The highest BCUT2D eigenvalue weighted by molar-refractivity contribution is 5.98. The van der Waals surface area contributed by atoms with E-state index in [1.54, 1.807) is 36.4 Å². The first kappa shape index (κ1) is 21.7. The van der Waals surface area contributed by atoms with Crippen LogP contribution in [0.15, 0.2) is 65.8 Å². The van der Waals surface area contributed by atoms with Gasteiger partial charge >= 0.3 is 5.97 Å². The van der Waals surface area contributed by atoms with Crippen LogP contribution >= 0.6 is 0 Å². The lowest BCUT2D eigenvalue weighted by molar-refractivity contribution is -0.141. The van der Waals surface area contributed by atoms with Gasteiger partial charge in [-0.05, 0) is 67.6 Å². The van der Waals surface area contributed by atoms with Crippen LogP contribution in [0.5, 0.6) is 11.5 Å². The Labute approximate surface area is 178 Å². The number of benzene rings is 2. The zero-order valence-corrected chi connectivity index (χ0v) is 17.1. The quantitative estimate of drug-likeness (QED) is 0.197. The third kappa shape index (κ3) is 6.00. The van der Waals surface area contributed by atoms with Crippen molar-refractivity contribution < 1.29 is 18.7 Å². The summed E-state index contributed by atoms with van der Waals surface area (Å²) in [4.78, 5) is 15.8. The summed E-state index contributed by atoms with van der Waals surface area (Å²) in [6.45, 7) is 1.60. The first-order valence-electron chi connectivity index (χ1n) is 9.30. The monoisotopic (exact) mass is 423 g/mol. The van der Waals surface area contributed by atoms with Gasteiger partial charge in [0.25, 0.3) is 0 Å². The average Bonchev–Trinajstić information content (AvgIpc) is 2.75. The molecule has 0 atom stereocenters. The molecular weight excluding hydrogens is 401 g/mol. The molecule has 4 N–H and O–H groups in total. The highest BCUT2D eigenvalue weighted by Gasteiger charge is 2.10. The zero-order valence-electron chi connectivity index (χ0n) is 17.1. The van der Waals surface area contributed by atoms with Crippen molar-refractivity contribution in [1.29, 1.82) is 0 Å². The van der Waals surface area contributed by atoms with Crippen molar-refractivity contribution in [2.24, 2.45) is 16.7 Å². The zero-order chi connectivity index (χ0) is 22.4. The molecule has 0 radical (unpaired) electrons. The number of carbonyl (C=O) groups excluding carboxylic acids is 1. The van der Waals surface area contributed by atoms with Crippen LogP contribution < -0.4 is 16.3 Å². The van der Waals surface area contributed by atoms with Gasteiger partial charge in [0.1, 0.15) is 17.3 Å². The molecule has 0 saturated heterocycles. The number of hydrazine groups is 1. The van der Waals surface area contributed by atoms with E-state index in [-0.39, 0.29) is 18.2 Å². The number of nitrogens with zero attached hydrogens (tertiary/aromatic N) is 3. The number of pyridine rings is 1. The molecule has 9 heteroatoms. The van der Waals surface area contributed by atoms with Crippen LogP contribution in [0, 0.1) is 12.7 Å². The van der Waals surface area contributed by atoms with Crippen molar-refractivity contribution in [3.05, 3.63) is 77.7 Å². The van der Waals surface area contributed by atoms with Crippen molar-refractivity contribution in [3.63, 3.8) is 0 Å². The number of rotatable bonds is 7. The summed E-state index contributed by atoms with van der Waals surface area (Å²) in [5.41, 5.74) is 8.90. The van der Waals surface area contributed by atoms with Crippen LogP contribution in [0.2, 0.25) is 0 Å². The number of aryl methyl sites for hydroxylation is 1. The van der Waals surface area contributed by atoms with E-state index in [0.717, 1.165) is 16.4 Å². The molecule has 0 aliphatic carbocycles. The number of ether oxygens (including phenoxy) is 2. The van der Waals surface area contributed by atoms with E-state index in [1.165, 1.54) is 19.2 Å². The number of hydrogen-bond acceptors (Lipinski definition) is 7. The van der Waals surface area contributed by atoms with Gasteiger partial charge in [-0.2, -0.15) is 0 Å². The van der Waals surface area contributed by atoms with Crippen LogP contribution in [0.3, 0.4) is 0 Å². The van der Waals surface area contributed by atoms with Crippen molar-refractivity contribution in [1.82, 2.24) is 10.1 Å². The summed E-state index contributed by atoms with van der Waals surface area (Å²) in [5, 5.41) is 4.92. The van der Waals surface area contributed by atoms with Crippen molar-refractivity contribution in [3.8, 4) is 22.8 Å². The van der Waals surface area contributed by atoms with E-state index >= 15 is 0 Å². The highest BCUT2D eigenvalue weighted by atomic mass is 19.1. The number of amidine groups is 1. The number of esters is 1. The fourth-order valence-corrected chi connectivity index (χ4v) is 2.73. The maximum absolute atomic E-state index is 13.0. The molecule has 0 amide bonds.